The Morgan fingerprint density at radius 1 is 1.30 bits per heavy atom. The van der Waals surface area contributed by atoms with Crippen LogP contribution in [0.1, 0.15) is 32.1 Å². The highest BCUT2D eigenvalue weighted by Gasteiger charge is 2.23. The van der Waals surface area contributed by atoms with Crippen molar-refractivity contribution in [1.29, 1.82) is 0 Å². The molecule has 1 fully saturated rings. The third-order valence-corrected chi connectivity index (χ3v) is 5.95. The highest BCUT2D eigenvalue weighted by atomic mass is 32.2. The molecule has 2 aromatic rings. The van der Waals surface area contributed by atoms with E-state index in [4.69, 9.17) is 0 Å². The molecule has 1 heterocycles. The summed E-state index contributed by atoms with van der Waals surface area (Å²) in [5, 5.41) is 18.7. The van der Waals surface area contributed by atoms with Gasteiger partial charge in [-0.05, 0) is 37.1 Å². The molecule has 3 rings (SSSR count). The van der Waals surface area contributed by atoms with Gasteiger partial charge < -0.3 is 10.0 Å². The van der Waals surface area contributed by atoms with E-state index in [-0.39, 0.29) is 11.7 Å². The van der Waals surface area contributed by atoms with Crippen LogP contribution in [0.4, 0.5) is 0 Å². The van der Waals surface area contributed by atoms with Gasteiger partial charge in [-0.25, -0.2) is 0 Å². The highest BCUT2D eigenvalue weighted by Crippen LogP contribution is 2.27. The maximum atomic E-state index is 12.6. The van der Waals surface area contributed by atoms with Crippen LogP contribution in [-0.4, -0.2) is 49.5 Å². The number of phenols is 1. The van der Waals surface area contributed by atoms with E-state index < -0.39 is 0 Å². The molecule has 0 aliphatic heterocycles. The second-order valence-corrected chi connectivity index (χ2v) is 7.78. The number of allylic oxidation sites excluding steroid dienone is 1. The average Bonchev–Trinajstić information content (AvgIpc) is 3.09. The van der Waals surface area contributed by atoms with Gasteiger partial charge in [0, 0.05) is 25.2 Å². The van der Waals surface area contributed by atoms with Gasteiger partial charge in [-0.1, -0.05) is 37.1 Å². The van der Waals surface area contributed by atoms with Crippen LogP contribution >= 0.6 is 11.8 Å². The lowest BCUT2D eigenvalue weighted by molar-refractivity contribution is -0.129. The molecule has 1 saturated carbocycles. The fraction of sp³-hybridized carbons (Fsp3) is 0.450. The topological polar surface area (TPSA) is 71.2 Å². The van der Waals surface area contributed by atoms with E-state index in [0.717, 1.165) is 18.4 Å². The number of hydrogen-bond acceptors (Lipinski definition) is 5. The van der Waals surface area contributed by atoms with Gasteiger partial charge >= 0.3 is 0 Å². The van der Waals surface area contributed by atoms with Gasteiger partial charge in [-0.15, -0.1) is 16.8 Å². The van der Waals surface area contributed by atoms with Crippen molar-refractivity contribution in [2.75, 3.05) is 12.8 Å². The van der Waals surface area contributed by atoms with Gasteiger partial charge in [0.25, 0.3) is 0 Å². The second-order valence-electron chi connectivity index (χ2n) is 6.84. The minimum Gasteiger partial charge on any atom is -0.508 e. The molecule has 0 radical (unpaired) electrons. The van der Waals surface area contributed by atoms with Crippen LogP contribution in [0.2, 0.25) is 0 Å². The summed E-state index contributed by atoms with van der Waals surface area (Å²) in [6.07, 6.45) is 7.68. The van der Waals surface area contributed by atoms with Crippen molar-refractivity contribution in [3.8, 4) is 17.1 Å². The van der Waals surface area contributed by atoms with Crippen LogP contribution < -0.4 is 0 Å². The van der Waals surface area contributed by atoms with Crippen molar-refractivity contribution in [3.05, 3.63) is 36.9 Å². The summed E-state index contributed by atoms with van der Waals surface area (Å²) in [6.45, 7) is 4.36. The summed E-state index contributed by atoms with van der Waals surface area (Å²) in [5.41, 5.74) is 0.861. The Morgan fingerprint density at radius 3 is 2.67 bits per heavy atom. The molecule has 1 N–H and O–H groups in total. The third kappa shape index (κ3) is 4.71. The first-order chi connectivity index (χ1) is 13.1. The molecule has 1 amide bonds. The smallest absolute Gasteiger partial charge is 0.233 e. The lowest BCUT2D eigenvalue weighted by Crippen LogP contribution is -2.39. The first-order valence-electron chi connectivity index (χ1n) is 9.32. The van der Waals surface area contributed by atoms with Crippen molar-refractivity contribution in [2.24, 2.45) is 0 Å². The SMILES string of the molecule is C=CCn1c(SCC(=O)N(C)C2CCCCC2)nnc1-c1ccc(O)cc1. The van der Waals surface area contributed by atoms with Gasteiger partial charge in [0.2, 0.25) is 5.91 Å². The van der Waals surface area contributed by atoms with Crippen molar-refractivity contribution < 1.29 is 9.90 Å². The van der Waals surface area contributed by atoms with E-state index in [0.29, 0.717) is 29.3 Å². The Labute approximate surface area is 164 Å². The molecule has 0 bridgehead atoms. The molecule has 1 aliphatic rings. The number of aromatic hydroxyl groups is 1. The maximum Gasteiger partial charge on any atom is 0.233 e. The molecule has 1 aromatic carbocycles. The van der Waals surface area contributed by atoms with Crippen LogP contribution in [0.25, 0.3) is 11.4 Å². The largest absolute Gasteiger partial charge is 0.508 e. The maximum absolute atomic E-state index is 12.6. The third-order valence-electron chi connectivity index (χ3n) is 4.99. The van der Waals surface area contributed by atoms with Crippen LogP contribution in [0.15, 0.2) is 42.1 Å². The normalized spacial score (nSPS) is 14.9. The molecule has 6 nitrogen and oxygen atoms in total. The minimum absolute atomic E-state index is 0.131. The lowest BCUT2D eigenvalue weighted by atomic mass is 9.94. The Morgan fingerprint density at radius 2 is 2.00 bits per heavy atom. The van der Waals surface area contributed by atoms with Crippen molar-refractivity contribution >= 4 is 17.7 Å². The molecule has 0 atom stereocenters. The first kappa shape index (κ1) is 19.5. The molecule has 144 valence electrons. The molecular weight excluding hydrogens is 360 g/mol. The predicted octanol–water partition coefficient (Wildman–Crippen LogP) is 3.72. The van der Waals surface area contributed by atoms with E-state index >= 15 is 0 Å². The fourth-order valence-electron chi connectivity index (χ4n) is 3.41. The Bertz CT molecular complexity index is 782. The number of hydrogen-bond donors (Lipinski definition) is 1. The van der Waals surface area contributed by atoms with E-state index in [1.54, 1.807) is 30.3 Å². The molecule has 0 spiro atoms. The molecule has 27 heavy (non-hydrogen) atoms. The number of benzene rings is 1. The quantitative estimate of drug-likeness (QED) is 0.580. The number of phenolic OH excluding ortho intramolecular Hbond substituents is 1. The number of rotatable bonds is 7. The summed E-state index contributed by atoms with van der Waals surface area (Å²) in [5.74, 6) is 1.38. The van der Waals surface area contributed by atoms with Gasteiger partial charge in [0.1, 0.15) is 5.75 Å². The molecule has 7 heteroatoms. The molecule has 0 saturated heterocycles. The number of aromatic nitrogens is 3. The molecule has 1 aliphatic carbocycles. The standard InChI is InChI=1S/C20H26N4O2S/c1-3-13-24-19(15-9-11-17(25)12-10-15)21-22-20(24)27-14-18(26)23(2)16-7-5-4-6-8-16/h3,9-12,16,25H,1,4-8,13-14H2,2H3. The van der Waals surface area contributed by atoms with Gasteiger partial charge in [-0.2, -0.15) is 0 Å². The zero-order valence-corrected chi connectivity index (χ0v) is 16.5. The number of nitrogens with zero attached hydrogens (tertiary/aromatic N) is 4. The van der Waals surface area contributed by atoms with Crippen LogP contribution in [0, 0.1) is 0 Å². The number of carbonyl (C=O) groups excluding carboxylic acids is 1. The van der Waals surface area contributed by atoms with Crippen molar-refractivity contribution in [1.82, 2.24) is 19.7 Å². The van der Waals surface area contributed by atoms with E-state index in [1.807, 2.05) is 16.5 Å². The second kappa shape index (κ2) is 9.08. The minimum atomic E-state index is 0.131. The summed E-state index contributed by atoms with van der Waals surface area (Å²) in [7, 11) is 1.91. The molecule has 0 unspecified atom stereocenters. The molecule has 1 aromatic heterocycles. The van der Waals surface area contributed by atoms with Crippen molar-refractivity contribution in [2.45, 2.75) is 49.8 Å². The van der Waals surface area contributed by atoms with Crippen LogP contribution in [0.5, 0.6) is 5.75 Å². The van der Waals surface area contributed by atoms with Crippen molar-refractivity contribution in [3.63, 3.8) is 0 Å². The monoisotopic (exact) mass is 386 g/mol. The number of carbonyl (C=O) groups is 1. The van der Waals surface area contributed by atoms with E-state index in [1.165, 1.54) is 31.0 Å². The van der Waals surface area contributed by atoms with E-state index in [9.17, 15) is 9.90 Å². The summed E-state index contributed by atoms with van der Waals surface area (Å²) in [4.78, 5) is 14.5. The zero-order chi connectivity index (χ0) is 19.2. The van der Waals surface area contributed by atoms with Gasteiger partial charge in [0.15, 0.2) is 11.0 Å². The van der Waals surface area contributed by atoms with Crippen LogP contribution in [-0.2, 0) is 11.3 Å². The Balaban J connectivity index is 1.70. The summed E-state index contributed by atoms with van der Waals surface area (Å²) in [6, 6.07) is 7.21. The highest BCUT2D eigenvalue weighted by molar-refractivity contribution is 7.99. The van der Waals surface area contributed by atoms with Crippen LogP contribution in [0.3, 0.4) is 0 Å². The number of amides is 1. The Kier molecular flexibility index (Phi) is 6.55. The molecular formula is C20H26N4O2S. The fourth-order valence-corrected chi connectivity index (χ4v) is 4.28. The average molecular weight is 387 g/mol. The summed E-state index contributed by atoms with van der Waals surface area (Å²) >= 11 is 1.41. The first-order valence-corrected chi connectivity index (χ1v) is 10.3. The predicted molar refractivity (Wildman–Crippen MR) is 108 cm³/mol. The van der Waals surface area contributed by atoms with Gasteiger partial charge in [-0.3, -0.25) is 9.36 Å². The Hall–Kier alpha value is -2.28. The number of thioether (sulfide) groups is 1. The van der Waals surface area contributed by atoms with E-state index in [2.05, 4.69) is 16.8 Å². The summed E-state index contributed by atoms with van der Waals surface area (Å²) < 4.78 is 1.94. The zero-order valence-electron chi connectivity index (χ0n) is 15.7. The lowest BCUT2D eigenvalue weighted by Gasteiger charge is -2.31. The van der Waals surface area contributed by atoms with Gasteiger partial charge in [0.05, 0.1) is 5.75 Å².